The van der Waals surface area contributed by atoms with Gasteiger partial charge < -0.3 is 23.7 Å². The molecular formula is C33H24F4O8. The minimum atomic E-state index is -1.48. The monoisotopic (exact) mass is 624 g/mol. The van der Waals surface area contributed by atoms with Crippen LogP contribution in [0.2, 0.25) is 0 Å². The summed E-state index contributed by atoms with van der Waals surface area (Å²) >= 11 is 0. The Morgan fingerprint density at radius 2 is 1.22 bits per heavy atom. The van der Waals surface area contributed by atoms with E-state index >= 15 is 0 Å². The maximum Gasteiger partial charge on any atom is 0.372 e. The third kappa shape index (κ3) is 8.80. The molecule has 0 N–H and O–H groups in total. The number of carbonyl (C=O) groups excluding carboxylic acids is 3. The molecule has 0 fully saturated rings. The van der Waals surface area contributed by atoms with E-state index in [0.717, 1.165) is 0 Å². The highest BCUT2D eigenvalue weighted by atomic mass is 19.1. The summed E-state index contributed by atoms with van der Waals surface area (Å²) in [4.78, 5) is 35.6. The summed E-state index contributed by atoms with van der Waals surface area (Å²) in [5.41, 5.74) is 0.698. The summed E-state index contributed by atoms with van der Waals surface area (Å²) in [6.07, 6.45) is 2.72. The molecule has 0 aliphatic rings. The first-order valence-corrected chi connectivity index (χ1v) is 12.7. The Bertz CT molecular complexity index is 1770. The summed E-state index contributed by atoms with van der Waals surface area (Å²) in [7, 11) is 0. The molecule has 0 aliphatic heterocycles. The molecule has 0 heterocycles. The number of hydrogen-bond acceptors (Lipinski definition) is 8. The van der Waals surface area contributed by atoms with Crippen molar-refractivity contribution >= 4 is 34.8 Å². The minimum absolute atomic E-state index is 0.00660. The minimum Gasteiger partial charge on any atom is -0.491 e. The van der Waals surface area contributed by atoms with Gasteiger partial charge in [0.1, 0.15) is 17.3 Å². The fourth-order valence-corrected chi connectivity index (χ4v) is 3.66. The number of benzene rings is 3. The van der Waals surface area contributed by atoms with Gasteiger partial charge in [-0.25, -0.2) is 18.8 Å². The smallest absolute Gasteiger partial charge is 0.372 e. The van der Waals surface area contributed by atoms with Crippen LogP contribution in [0.4, 0.5) is 17.6 Å². The third-order valence-electron chi connectivity index (χ3n) is 5.74. The van der Waals surface area contributed by atoms with Gasteiger partial charge in [-0.3, -0.25) is 0 Å². The molecule has 0 radical (unpaired) electrons. The number of esters is 3. The normalized spacial score (nSPS) is 10.6. The molecule has 3 rings (SSSR count). The van der Waals surface area contributed by atoms with Gasteiger partial charge in [-0.1, -0.05) is 57.2 Å². The van der Waals surface area contributed by atoms with Gasteiger partial charge in [-0.05, 0) is 41.3 Å². The molecule has 0 bridgehead atoms. The topological polar surface area (TPSA) is 97.4 Å². The number of allylic oxidation sites excluding steroid dienone is 1. The highest BCUT2D eigenvalue weighted by Crippen LogP contribution is 2.38. The van der Waals surface area contributed by atoms with E-state index in [9.17, 15) is 31.9 Å². The van der Waals surface area contributed by atoms with E-state index < -0.39 is 52.7 Å². The Labute approximate surface area is 254 Å². The average molecular weight is 625 g/mol. The van der Waals surface area contributed by atoms with Gasteiger partial charge in [0.05, 0.1) is 12.9 Å². The number of halogens is 4. The molecule has 3 aromatic rings. The number of ether oxygens (including phenoxy) is 5. The van der Waals surface area contributed by atoms with Crippen molar-refractivity contribution in [3.05, 3.63) is 128 Å². The molecule has 0 unspecified atom stereocenters. The van der Waals surface area contributed by atoms with E-state index in [0.29, 0.717) is 10.9 Å². The van der Waals surface area contributed by atoms with Crippen LogP contribution in [0, 0.1) is 0 Å². The summed E-state index contributed by atoms with van der Waals surface area (Å²) in [5, 5.41) is 0.556. The van der Waals surface area contributed by atoms with Crippen LogP contribution in [0.25, 0.3) is 16.8 Å². The van der Waals surface area contributed by atoms with Crippen molar-refractivity contribution in [3.63, 3.8) is 0 Å². The maximum atomic E-state index is 13.5. The number of fused-ring (bicyclic) bond motifs is 1. The molecule has 0 saturated heterocycles. The van der Waals surface area contributed by atoms with Crippen molar-refractivity contribution in [2.75, 3.05) is 6.61 Å². The lowest BCUT2D eigenvalue weighted by Gasteiger charge is -2.15. The fraction of sp³-hybridized carbons (Fsp3) is 0.0606. The third-order valence-corrected chi connectivity index (χ3v) is 5.74. The molecule has 0 atom stereocenters. The van der Waals surface area contributed by atoms with Crippen LogP contribution in [-0.2, 0) is 25.5 Å². The molecule has 0 aromatic heterocycles. The van der Waals surface area contributed by atoms with Crippen LogP contribution in [-0.4, -0.2) is 24.5 Å². The SMILES string of the molecule is C=C(F)C(=C)OCCc1c(O/C=C/c2cccc3c(OC(=O)C(=C)F)c(OC(=O)C(=C)F)ccc23)cccc1OC(=O)C(=C)F. The van der Waals surface area contributed by atoms with Gasteiger partial charge in [0.25, 0.3) is 0 Å². The first-order chi connectivity index (χ1) is 21.3. The molecular weight excluding hydrogens is 600 g/mol. The zero-order chi connectivity index (χ0) is 33.3. The lowest BCUT2D eigenvalue weighted by molar-refractivity contribution is -0.134. The van der Waals surface area contributed by atoms with E-state index in [1.165, 1.54) is 54.8 Å². The summed E-state index contributed by atoms with van der Waals surface area (Å²) in [6.45, 7) is 15.0. The number of rotatable bonds is 14. The Kier molecular flexibility index (Phi) is 11.2. The highest BCUT2D eigenvalue weighted by molar-refractivity contribution is 6.00. The number of carbonyl (C=O) groups is 3. The Morgan fingerprint density at radius 3 is 1.84 bits per heavy atom. The molecule has 3 aromatic carbocycles. The Balaban J connectivity index is 1.99. The first-order valence-electron chi connectivity index (χ1n) is 12.7. The highest BCUT2D eigenvalue weighted by Gasteiger charge is 2.21. The van der Waals surface area contributed by atoms with E-state index in [1.54, 1.807) is 6.07 Å². The van der Waals surface area contributed by atoms with Crippen LogP contribution < -0.4 is 18.9 Å². The van der Waals surface area contributed by atoms with E-state index in [2.05, 4.69) is 32.9 Å². The fourth-order valence-electron chi connectivity index (χ4n) is 3.66. The zero-order valence-corrected chi connectivity index (χ0v) is 23.5. The molecule has 0 spiro atoms. The largest absolute Gasteiger partial charge is 0.491 e. The van der Waals surface area contributed by atoms with Crippen LogP contribution in [0.5, 0.6) is 23.0 Å². The summed E-state index contributed by atoms with van der Waals surface area (Å²) < 4.78 is 79.4. The molecule has 45 heavy (non-hydrogen) atoms. The van der Waals surface area contributed by atoms with Gasteiger partial charge >= 0.3 is 17.9 Å². The predicted molar refractivity (Wildman–Crippen MR) is 157 cm³/mol. The lowest BCUT2D eigenvalue weighted by atomic mass is 10.0. The molecule has 0 saturated carbocycles. The van der Waals surface area contributed by atoms with Crippen LogP contribution in [0.1, 0.15) is 11.1 Å². The Morgan fingerprint density at radius 1 is 0.644 bits per heavy atom. The van der Waals surface area contributed by atoms with Crippen molar-refractivity contribution in [1.82, 2.24) is 0 Å². The van der Waals surface area contributed by atoms with E-state index in [4.69, 9.17) is 23.7 Å². The maximum absolute atomic E-state index is 13.5. The molecule has 0 amide bonds. The second-order valence-corrected chi connectivity index (χ2v) is 8.80. The predicted octanol–water partition coefficient (Wildman–Crippen LogP) is 7.61. The zero-order valence-electron chi connectivity index (χ0n) is 23.5. The molecule has 8 nitrogen and oxygen atoms in total. The molecule has 0 aliphatic carbocycles. The first kappa shape index (κ1) is 33.6. The van der Waals surface area contributed by atoms with Gasteiger partial charge in [0.2, 0.25) is 17.5 Å². The standard InChI is InChI=1S/C33H24F4O8/c1-18(34)22(5)41-17-15-26-27(10-7-11-28(26)43-31(38)19(2)35)42-16-14-23-8-6-9-25-24(23)12-13-29(44-32(39)20(3)36)30(25)45-33(40)21(4)37/h6-14,16H,1-5,15,17H2/b16-14+. The second-order valence-electron chi connectivity index (χ2n) is 8.80. The van der Waals surface area contributed by atoms with Crippen molar-refractivity contribution in [1.29, 1.82) is 0 Å². The molecule has 12 heteroatoms. The van der Waals surface area contributed by atoms with Gasteiger partial charge in [0, 0.05) is 17.4 Å². The van der Waals surface area contributed by atoms with Gasteiger partial charge in [-0.2, -0.15) is 13.2 Å². The Hall–Kier alpha value is -5.91. The second kappa shape index (κ2) is 15.0. The van der Waals surface area contributed by atoms with Crippen molar-refractivity contribution in [2.24, 2.45) is 0 Å². The van der Waals surface area contributed by atoms with Crippen molar-refractivity contribution in [2.45, 2.75) is 6.42 Å². The van der Waals surface area contributed by atoms with Crippen LogP contribution >= 0.6 is 0 Å². The van der Waals surface area contributed by atoms with Gasteiger partial charge in [0.15, 0.2) is 17.3 Å². The summed E-state index contributed by atoms with van der Waals surface area (Å²) in [6, 6.07) is 11.6. The van der Waals surface area contributed by atoms with E-state index in [-0.39, 0.29) is 41.2 Å². The van der Waals surface area contributed by atoms with Crippen LogP contribution in [0.3, 0.4) is 0 Å². The van der Waals surface area contributed by atoms with Gasteiger partial charge in [-0.15, -0.1) is 0 Å². The summed E-state index contributed by atoms with van der Waals surface area (Å²) in [5.74, 6) is -10.4. The van der Waals surface area contributed by atoms with Crippen molar-refractivity contribution in [3.8, 4) is 23.0 Å². The quantitative estimate of drug-likeness (QED) is 0.0452. The van der Waals surface area contributed by atoms with Crippen LogP contribution in [0.15, 0.2) is 117 Å². The van der Waals surface area contributed by atoms with Crippen molar-refractivity contribution < 1.29 is 55.6 Å². The lowest BCUT2D eigenvalue weighted by Crippen LogP contribution is -2.12. The van der Waals surface area contributed by atoms with E-state index in [1.807, 2.05) is 0 Å². The average Bonchev–Trinajstić information content (AvgIpc) is 2.98. The molecule has 232 valence electrons. The number of hydrogen-bond donors (Lipinski definition) is 0.